The molecule has 2 aromatic carbocycles. The van der Waals surface area contributed by atoms with Crippen LogP contribution in [0.5, 0.6) is 0 Å². The van der Waals surface area contributed by atoms with Gasteiger partial charge in [0.25, 0.3) is 5.91 Å². The Labute approximate surface area is 195 Å². The molecule has 2 bridgehead atoms. The monoisotopic (exact) mass is 445 g/mol. The fraction of sp³-hybridized carbons (Fsp3) is 0.444. The molecule has 0 radical (unpaired) electrons. The summed E-state index contributed by atoms with van der Waals surface area (Å²) < 4.78 is 0. The molecule has 4 aliphatic rings. The van der Waals surface area contributed by atoms with Crippen LogP contribution in [0.4, 0.5) is 0 Å². The summed E-state index contributed by atoms with van der Waals surface area (Å²) in [5.41, 5.74) is 2.92. The lowest BCUT2D eigenvalue weighted by Gasteiger charge is -2.36. The maximum atomic E-state index is 13.6. The number of likely N-dealkylation sites (tertiary alicyclic amines) is 1. The molecule has 4 heterocycles. The fourth-order valence-corrected chi connectivity index (χ4v) is 5.55. The third kappa shape index (κ3) is 4.39. The number of aryl methyl sites for hydroxylation is 1. The van der Waals surface area contributed by atoms with E-state index in [1.165, 1.54) is 5.56 Å². The van der Waals surface area contributed by atoms with Crippen LogP contribution in [0.3, 0.4) is 0 Å². The number of piperidine rings is 1. The number of nitrogens with zero attached hydrogens (tertiary/aromatic N) is 3. The van der Waals surface area contributed by atoms with E-state index >= 15 is 0 Å². The normalized spacial score (nSPS) is 24.8. The molecule has 33 heavy (non-hydrogen) atoms. The highest BCUT2D eigenvalue weighted by molar-refractivity contribution is 5.95. The second-order valence-electron chi connectivity index (χ2n) is 9.73. The molecule has 0 aromatic heterocycles. The van der Waals surface area contributed by atoms with Gasteiger partial charge >= 0.3 is 0 Å². The molecule has 4 aliphatic heterocycles. The first-order valence-corrected chi connectivity index (χ1v) is 12.0. The number of carbonyl (C=O) groups excluding carboxylic acids is 3. The second kappa shape index (κ2) is 9.00. The van der Waals surface area contributed by atoms with Crippen LogP contribution < -0.4 is 0 Å². The molecule has 6 rings (SSSR count). The SMILES string of the molecule is Cc1ccc(CN2C(=O)CCC2C(=O)N2CC3CCC(C2)N(C(=O)c2ccccc2)C3)cc1. The van der Waals surface area contributed by atoms with E-state index in [2.05, 4.69) is 0 Å². The van der Waals surface area contributed by atoms with E-state index in [0.717, 1.165) is 18.4 Å². The average Bonchev–Trinajstić information content (AvgIpc) is 3.00. The molecule has 3 unspecified atom stereocenters. The topological polar surface area (TPSA) is 60.9 Å². The van der Waals surface area contributed by atoms with Gasteiger partial charge in [-0.15, -0.1) is 0 Å². The number of hydrogen-bond donors (Lipinski definition) is 0. The van der Waals surface area contributed by atoms with Gasteiger partial charge in [0.2, 0.25) is 11.8 Å². The molecule has 6 nitrogen and oxygen atoms in total. The maximum Gasteiger partial charge on any atom is 0.254 e. The molecular formula is C27H31N3O3. The third-order valence-corrected chi connectivity index (χ3v) is 7.39. The minimum atomic E-state index is -0.408. The van der Waals surface area contributed by atoms with Crippen molar-refractivity contribution >= 4 is 17.7 Å². The quantitative estimate of drug-likeness (QED) is 0.726. The second-order valence-corrected chi connectivity index (χ2v) is 9.73. The summed E-state index contributed by atoms with van der Waals surface area (Å²) in [6.45, 7) is 4.41. The highest BCUT2D eigenvalue weighted by Crippen LogP contribution is 2.31. The Bertz CT molecular complexity index is 1040. The highest BCUT2D eigenvalue weighted by atomic mass is 16.2. The summed E-state index contributed by atoms with van der Waals surface area (Å²) in [6.07, 6.45) is 2.94. The van der Waals surface area contributed by atoms with Crippen LogP contribution in [0.2, 0.25) is 0 Å². The van der Waals surface area contributed by atoms with Crippen molar-refractivity contribution in [1.82, 2.24) is 14.7 Å². The predicted molar refractivity (Wildman–Crippen MR) is 125 cm³/mol. The molecule has 3 amide bonds. The Morgan fingerprint density at radius 3 is 2.42 bits per heavy atom. The van der Waals surface area contributed by atoms with Crippen LogP contribution in [-0.2, 0) is 16.1 Å². The summed E-state index contributed by atoms with van der Waals surface area (Å²) in [6, 6.07) is 17.2. The lowest BCUT2D eigenvalue weighted by Crippen LogP contribution is -2.50. The van der Waals surface area contributed by atoms with Crippen LogP contribution in [0, 0.1) is 12.8 Å². The number of benzene rings is 2. The lowest BCUT2D eigenvalue weighted by molar-refractivity contribution is -0.142. The van der Waals surface area contributed by atoms with E-state index in [-0.39, 0.29) is 29.7 Å². The number of carbonyl (C=O) groups is 3. The van der Waals surface area contributed by atoms with Crippen LogP contribution in [0.1, 0.15) is 47.2 Å². The average molecular weight is 446 g/mol. The van der Waals surface area contributed by atoms with Crippen LogP contribution in [0.15, 0.2) is 54.6 Å². The standard InChI is InChI=1S/C27H31N3O3/c1-19-7-9-20(10-8-19)16-30-24(13-14-25(30)31)27(33)28-15-21-11-12-23(18-28)29(17-21)26(32)22-5-3-2-4-6-22/h2-10,21,23-24H,11-18H2,1H3. The Balaban J connectivity index is 1.31. The van der Waals surface area contributed by atoms with Crippen molar-refractivity contribution in [3.8, 4) is 0 Å². The molecule has 0 spiro atoms. The van der Waals surface area contributed by atoms with Gasteiger partial charge in [-0.05, 0) is 49.8 Å². The molecule has 0 N–H and O–H groups in total. The van der Waals surface area contributed by atoms with E-state index in [4.69, 9.17) is 0 Å². The van der Waals surface area contributed by atoms with Gasteiger partial charge in [0.1, 0.15) is 6.04 Å². The van der Waals surface area contributed by atoms with Gasteiger partial charge < -0.3 is 14.7 Å². The van der Waals surface area contributed by atoms with Crippen molar-refractivity contribution in [2.45, 2.75) is 51.2 Å². The Kier molecular flexibility index (Phi) is 5.92. The molecule has 0 saturated carbocycles. The van der Waals surface area contributed by atoms with Gasteiger partial charge in [-0.25, -0.2) is 0 Å². The third-order valence-electron chi connectivity index (χ3n) is 7.39. The van der Waals surface area contributed by atoms with Crippen molar-refractivity contribution in [2.24, 2.45) is 5.92 Å². The van der Waals surface area contributed by atoms with Gasteiger partial charge in [-0.2, -0.15) is 0 Å². The van der Waals surface area contributed by atoms with E-state index in [1.807, 2.05) is 71.3 Å². The van der Waals surface area contributed by atoms with Crippen molar-refractivity contribution in [1.29, 1.82) is 0 Å². The Morgan fingerprint density at radius 2 is 1.67 bits per heavy atom. The molecule has 4 saturated heterocycles. The van der Waals surface area contributed by atoms with E-state index < -0.39 is 6.04 Å². The fourth-order valence-electron chi connectivity index (χ4n) is 5.55. The first-order chi connectivity index (χ1) is 16.0. The molecule has 4 fully saturated rings. The van der Waals surface area contributed by atoms with Crippen LogP contribution in [0.25, 0.3) is 0 Å². The minimum Gasteiger partial charge on any atom is -0.338 e. The van der Waals surface area contributed by atoms with Gasteiger partial charge in [0, 0.05) is 44.2 Å². The summed E-state index contributed by atoms with van der Waals surface area (Å²) in [5.74, 6) is 0.422. The zero-order valence-corrected chi connectivity index (χ0v) is 19.2. The molecule has 172 valence electrons. The lowest BCUT2D eigenvalue weighted by atomic mass is 9.94. The number of amides is 3. The largest absolute Gasteiger partial charge is 0.338 e. The van der Waals surface area contributed by atoms with Crippen LogP contribution >= 0.6 is 0 Å². The van der Waals surface area contributed by atoms with Gasteiger partial charge in [0.15, 0.2) is 0 Å². The van der Waals surface area contributed by atoms with Crippen LogP contribution in [-0.4, -0.2) is 64.1 Å². The minimum absolute atomic E-state index is 0.0306. The molecule has 2 aromatic rings. The van der Waals surface area contributed by atoms with Gasteiger partial charge in [-0.3, -0.25) is 14.4 Å². The van der Waals surface area contributed by atoms with Crippen molar-refractivity contribution in [3.63, 3.8) is 0 Å². The smallest absolute Gasteiger partial charge is 0.254 e. The number of rotatable bonds is 4. The number of fused-ring (bicyclic) bond motifs is 4. The van der Waals surface area contributed by atoms with Gasteiger partial charge in [-0.1, -0.05) is 48.0 Å². The van der Waals surface area contributed by atoms with E-state index in [0.29, 0.717) is 44.6 Å². The zero-order valence-electron chi connectivity index (χ0n) is 19.2. The van der Waals surface area contributed by atoms with Crippen molar-refractivity contribution in [3.05, 3.63) is 71.3 Å². The van der Waals surface area contributed by atoms with E-state index in [9.17, 15) is 14.4 Å². The molecule has 6 heteroatoms. The summed E-state index contributed by atoms with van der Waals surface area (Å²) in [5, 5.41) is 0. The Morgan fingerprint density at radius 1 is 0.909 bits per heavy atom. The highest BCUT2D eigenvalue weighted by Gasteiger charge is 2.43. The zero-order chi connectivity index (χ0) is 22.9. The summed E-state index contributed by atoms with van der Waals surface area (Å²) >= 11 is 0. The Hall–Kier alpha value is -3.15. The first kappa shape index (κ1) is 21.7. The first-order valence-electron chi connectivity index (χ1n) is 12.0. The van der Waals surface area contributed by atoms with Crippen molar-refractivity contribution in [2.75, 3.05) is 19.6 Å². The molecule has 3 atom stereocenters. The maximum absolute atomic E-state index is 13.6. The predicted octanol–water partition coefficient (Wildman–Crippen LogP) is 3.25. The van der Waals surface area contributed by atoms with E-state index in [1.54, 1.807) is 4.90 Å². The summed E-state index contributed by atoms with van der Waals surface area (Å²) in [7, 11) is 0. The van der Waals surface area contributed by atoms with Crippen molar-refractivity contribution < 1.29 is 14.4 Å². The number of hydrogen-bond acceptors (Lipinski definition) is 3. The molecular weight excluding hydrogens is 414 g/mol. The van der Waals surface area contributed by atoms with Gasteiger partial charge in [0.05, 0.1) is 0 Å². The summed E-state index contributed by atoms with van der Waals surface area (Å²) in [4.78, 5) is 45.1. The molecule has 0 aliphatic carbocycles.